The first-order valence-electron chi connectivity index (χ1n) is 8.42. The average molecular weight is 356 g/mol. The van der Waals surface area contributed by atoms with Crippen LogP contribution in [0.2, 0.25) is 0 Å². The van der Waals surface area contributed by atoms with E-state index in [-0.39, 0.29) is 17.6 Å². The highest BCUT2D eigenvalue weighted by Crippen LogP contribution is 2.34. The molecule has 1 aromatic carbocycles. The lowest BCUT2D eigenvalue weighted by Gasteiger charge is -2.29. The molecule has 7 heteroatoms. The summed E-state index contributed by atoms with van der Waals surface area (Å²) in [5.41, 5.74) is 3.16. The molecule has 130 valence electrons. The predicted octanol–water partition coefficient (Wildman–Crippen LogP) is 3.08. The van der Waals surface area contributed by atoms with Crippen molar-refractivity contribution in [2.45, 2.75) is 31.8 Å². The van der Waals surface area contributed by atoms with Gasteiger partial charge in [-0.15, -0.1) is 0 Å². The summed E-state index contributed by atoms with van der Waals surface area (Å²) in [7, 11) is 0. The summed E-state index contributed by atoms with van der Waals surface area (Å²) in [6.07, 6.45) is 2.19. The van der Waals surface area contributed by atoms with E-state index in [1.807, 2.05) is 6.92 Å². The number of H-pyrrole nitrogens is 2. The number of benzene rings is 1. The number of aromatic amines is 2. The third-order valence-electron chi connectivity index (χ3n) is 4.88. The van der Waals surface area contributed by atoms with Crippen LogP contribution >= 0.6 is 11.3 Å². The van der Waals surface area contributed by atoms with Crippen molar-refractivity contribution in [3.8, 4) is 0 Å². The van der Waals surface area contributed by atoms with E-state index >= 15 is 0 Å². The van der Waals surface area contributed by atoms with E-state index < -0.39 is 0 Å². The van der Waals surface area contributed by atoms with E-state index in [1.165, 1.54) is 5.56 Å². The van der Waals surface area contributed by atoms with Gasteiger partial charge in [-0.05, 0) is 66.9 Å². The molecule has 0 saturated carbocycles. The smallest absolute Gasteiger partial charge is 0.323 e. The average Bonchev–Trinajstić information content (AvgIpc) is 3.32. The van der Waals surface area contributed by atoms with Crippen LogP contribution < -0.4 is 11.0 Å². The number of thiophene rings is 1. The Kier molecular flexibility index (Phi) is 4.19. The van der Waals surface area contributed by atoms with Crippen molar-refractivity contribution >= 4 is 34.0 Å². The number of nitrogens with one attached hydrogen (secondary N) is 3. The SMILES string of the molecule is C[C@H](C(=O)Nc1ccc2[nH]c(=O)[nH]c2c1)N1CCC[C@H]1c1ccsc1. The zero-order valence-corrected chi connectivity index (χ0v) is 14.7. The number of hydrogen-bond donors (Lipinski definition) is 3. The van der Waals surface area contributed by atoms with Gasteiger partial charge in [0.2, 0.25) is 5.91 Å². The summed E-state index contributed by atoms with van der Waals surface area (Å²) in [6, 6.07) is 7.62. The predicted molar refractivity (Wildman–Crippen MR) is 100 cm³/mol. The van der Waals surface area contributed by atoms with Crippen LogP contribution in [0.4, 0.5) is 5.69 Å². The summed E-state index contributed by atoms with van der Waals surface area (Å²) in [5, 5.41) is 7.23. The van der Waals surface area contributed by atoms with Crippen molar-refractivity contribution in [3.63, 3.8) is 0 Å². The minimum atomic E-state index is -0.248. The van der Waals surface area contributed by atoms with Crippen LogP contribution in [0.15, 0.2) is 39.8 Å². The molecule has 1 fully saturated rings. The Balaban J connectivity index is 1.50. The zero-order valence-electron chi connectivity index (χ0n) is 13.9. The first-order valence-corrected chi connectivity index (χ1v) is 9.37. The molecule has 3 N–H and O–H groups in total. The number of aromatic nitrogens is 2. The van der Waals surface area contributed by atoms with Gasteiger partial charge in [0.25, 0.3) is 0 Å². The summed E-state index contributed by atoms with van der Waals surface area (Å²) in [4.78, 5) is 31.8. The van der Waals surface area contributed by atoms with Gasteiger partial charge in [0.1, 0.15) is 0 Å². The molecule has 1 aliphatic heterocycles. The fraction of sp³-hybridized carbons (Fsp3) is 0.333. The number of carbonyl (C=O) groups excluding carboxylic acids is 1. The van der Waals surface area contributed by atoms with Crippen molar-refractivity contribution in [3.05, 3.63) is 51.1 Å². The molecular formula is C18H20N4O2S. The number of amides is 1. The lowest BCUT2D eigenvalue weighted by molar-refractivity contribution is -0.121. The summed E-state index contributed by atoms with van der Waals surface area (Å²) < 4.78 is 0. The van der Waals surface area contributed by atoms with Crippen LogP contribution in [0.1, 0.15) is 31.4 Å². The molecule has 1 amide bonds. The van der Waals surface area contributed by atoms with Gasteiger partial charge in [-0.1, -0.05) is 0 Å². The highest BCUT2D eigenvalue weighted by Gasteiger charge is 2.33. The molecule has 0 radical (unpaired) electrons. The van der Waals surface area contributed by atoms with Crippen LogP contribution in [0, 0.1) is 0 Å². The molecule has 6 nitrogen and oxygen atoms in total. The van der Waals surface area contributed by atoms with Crippen LogP contribution in [-0.4, -0.2) is 33.4 Å². The van der Waals surface area contributed by atoms with E-state index in [0.29, 0.717) is 17.2 Å². The molecule has 1 saturated heterocycles. The Morgan fingerprint density at radius 3 is 2.96 bits per heavy atom. The topological polar surface area (TPSA) is 81.0 Å². The number of rotatable bonds is 4. The van der Waals surface area contributed by atoms with E-state index in [4.69, 9.17) is 0 Å². The van der Waals surface area contributed by atoms with Gasteiger partial charge in [0, 0.05) is 11.7 Å². The number of anilines is 1. The van der Waals surface area contributed by atoms with Crippen molar-refractivity contribution in [2.75, 3.05) is 11.9 Å². The quantitative estimate of drug-likeness (QED) is 0.672. The summed E-state index contributed by atoms with van der Waals surface area (Å²) in [5.74, 6) is -0.0284. The lowest BCUT2D eigenvalue weighted by Crippen LogP contribution is -2.41. The Hall–Kier alpha value is -2.38. The second kappa shape index (κ2) is 6.50. The van der Waals surface area contributed by atoms with E-state index in [9.17, 15) is 9.59 Å². The number of hydrogen-bond acceptors (Lipinski definition) is 4. The molecule has 25 heavy (non-hydrogen) atoms. The van der Waals surface area contributed by atoms with Crippen molar-refractivity contribution in [2.24, 2.45) is 0 Å². The molecular weight excluding hydrogens is 336 g/mol. The Labute approximate surface area is 148 Å². The standard InChI is InChI=1S/C18H20N4O2S/c1-11(22-7-2-3-16(22)12-6-8-25-10-12)17(23)19-13-4-5-14-15(9-13)21-18(24)20-14/h4-6,8-11,16H,2-3,7H2,1H3,(H,19,23)(H2,20,21,24)/t11-,16+/m1/s1. The highest BCUT2D eigenvalue weighted by molar-refractivity contribution is 7.07. The van der Waals surface area contributed by atoms with Gasteiger partial charge < -0.3 is 15.3 Å². The normalized spacial score (nSPS) is 19.3. The molecule has 2 atom stereocenters. The minimum Gasteiger partial charge on any atom is -0.325 e. The molecule has 0 aliphatic carbocycles. The molecule has 0 unspecified atom stereocenters. The first kappa shape index (κ1) is 16.1. The maximum absolute atomic E-state index is 12.7. The van der Waals surface area contributed by atoms with Crippen LogP contribution in [0.3, 0.4) is 0 Å². The molecule has 1 aliphatic rings. The van der Waals surface area contributed by atoms with Gasteiger partial charge >= 0.3 is 5.69 Å². The van der Waals surface area contributed by atoms with Crippen molar-refractivity contribution < 1.29 is 4.79 Å². The Bertz CT molecular complexity index is 944. The number of carbonyl (C=O) groups is 1. The zero-order chi connectivity index (χ0) is 17.4. The molecule has 4 rings (SSSR count). The number of imidazole rings is 1. The van der Waals surface area contributed by atoms with Gasteiger partial charge in [0.15, 0.2) is 0 Å². The maximum atomic E-state index is 12.7. The van der Waals surface area contributed by atoms with Gasteiger partial charge in [0.05, 0.1) is 17.1 Å². The van der Waals surface area contributed by atoms with E-state index in [2.05, 4.69) is 37.0 Å². The second-order valence-electron chi connectivity index (χ2n) is 6.46. The van der Waals surface area contributed by atoms with Gasteiger partial charge in [-0.25, -0.2) is 4.79 Å². The molecule has 3 heterocycles. The van der Waals surface area contributed by atoms with E-state index in [0.717, 1.165) is 24.9 Å². The molecule has 2 aromatic heterocycles. The number of nitrogens with zero attached hydrogens (tertiary/aromatic N) is 1. The number of fused-ring (bicyclic) bond motifs is 1. The third-order valence-corrected chi connectivity index (χ3v) is 5.58. The van der Waals surface area contributed by atoms with Crippen LogP contribution in [-0.2, 0) is 4.79 Å². The lowest BCUT2D eigenvalue weighted by atomic mass is 10.1. The summed E-state index contributed by atoms with van der Waals surface area (Å²) in [6.45, 7) is 2.88. The monoisotopic (exact) mass is 356 g/mol. The van der Waals surface area contributed by atoms with Gasteiger partial charge in [-0.2, -0.15) is 11.3 Å². The fourth-order valence-electron chi connectivity index (χ4n) is 3.58. The largest absolute Gasteiger partial charge is 0.325 e. The number of likely N-dealkylation sites (tertiary alicyclic amines) is 1. The highest BCUT2D eigenvalue weighted by atomic mass is 32.1. The molecule has 3 aromatic rings. The molecule has 0 spiro atoms. The van der Waals surface area contributed by atoms with Crippen molar-refractivity contribution in [1.82, 2.24) is 14.9 Å². The third kappa shape index (κ3) is 3.12. The van der Waals surface area contributed by atoms with Gasteiger partial charge in [-0.3, -0.25) is 9.69 Å². The Morgan fingerprint density at radius 1 is 1.32 bits per heavy atom. The van der Waals surface area contributed by atoms with E-state index in [1.54, 1.807) is 29.5 Å². The Morgan fingerprint density at radius 2 is 2.16 bits per heavy atom. The molecule has 0 bridgehead atoms. The second-order valence-corrected chi connectivity index (χ2v) is 7.24. The van der Waals surface area contributed by atoms with Crippen LogP contribution in [0.5, 0.6) is 0 Å². The van der Waals surface area contributed by atoms with Crippen molar-refractivity contribution in [1.29, 1.82) is 0 Å². The summed E-state index contributed by atoms with van der Waals surface area (Å²) >= 11 is 1.70. The minimum absolute atomic E-state index is 0.0284. The fourth-order valence-corrected chi connectivity index (χ4v) is 4.29. The maximum Gasteiger partial charge on any atom is 0.323 e. The first-order chi connectivity index (χ1) is 12.1. The van der Waals surface area contributed by atoms with Crippen LogP contribution in [0.25, 0.3) is 11.0 Å².